The van der Waals surface area contributed by atoms with Gasteiger partial charge in [-0.3, -0.25) is 14.5 Å². The van der Waals surface area contributed by atoms with Gasteiger partial charge in [-0.1, -0.05) is 24.3 Å². The summed E-state index contributed by atoms with van der Waals surface area (Å²) in [6, 6.07) is 12.8. The van der Waals surface area contributed by atoms with Gasteiger partial charge in [0.25, 0.3) is 5.91 Å². The van der Waals surface area contributed by atoms with Gasteiger partial charge in [-0.25, -0.2) is 4.79 Å². The average molecular weight is 368 g/mol. The van der Waals surface area contributed by atoms with Crippen LogP contribution in [0.5, 0.6) is 11.5 Å². The molecule has 2 aromatic rings. The molecule has 2 aromatic carbocycles. The Labute approximate surface area is 156 Å². The molecular formula is C20H20N2O5. The van der Waals surface area contributed by atoms with E-state index >= 15 is 0 Å². The summed E-state index contributed by atoms with van der Waals surface area (Å²) in [6.45, 7) is 1.27. The number of benzene rings is 2. The largest absolute Gasteiger partial charge is 0.497 e. The quantitative estimate of drug-likeness (QED) is 0.625. The highest BCUT2D eigenvalue weighted by molar-refractivity contribution is 6.11. The second-order valence-corrected chi connectivity index (χ2v) is 6.33. The molecule has 3 amide bonds. The van der Waals surface area contributed by atoms with E-state index < -0.39 is 17.5 Å². The molecule has 7 heteroatoms. The highest BCUT2D eigenvalue weighted by Gasteiger charge is 2.49. The molecule has 7 nitrogen and oxygen atoms in total. The summed E-state index contributed by atoms with van der Waals surface area (Å²) in [5.41, 5.74) is -0.260. The number of ether oxygens (including phenoxy) is 2. The summed E-state index contributed by atoms with van der Waals surface area (Å²) in [5.74, 6) is 0.343. The molecule has 1 aliphatic rings. The van der Waals surface area contributed by atoms with Crippen molar-refractivity contribution in [1.29, 1.82) is 0 Å². The summed E-state index contributed by atoms with van der Waals surface area (Å²) in [4.78, 5) is 38.8. The van der Waals surface area contributed by atoms with Crippen molar-refractivity contribution in [3.8, 4) is 11.5 Å². The van der Waals surface area contributed by atoms with Crippen LogP contribution >= 0.6 is 0 Å². The third-order valence-corrected chi connectivity index (χ3v) is 4.64. The van der Waals surface area contributed by atoms with Crippen LogP contribution in [0.3, 0.4) is 0 Å². The first-order valence-electron chi connectivity index (χ1n) is 8.35. The third-order valence-electron chi connectivity index (χ3n) is 4.64. The number of hydrogen-bond acceptors (Lipinski definition) is 5. The normalized spacial score (nSPS) is 19.0. The van der Waals surface area contributed by atoms with Crippen LogP contribution in [0.1, 0.15) is 22.8 Å². The number of hydrogen-bond donors (Lipinski definition) is 1. The molecule has 0 spiro atoms. The molecule has 27 heavy (non-hydrogen) atoms. The van der Waals surface area contributed by atoms with Crippen molar-refractivity contribution in [2.75, 3.05) is 20.8 Å². The highest BCUT2D eigenvalue weighted by Crippen LogP contribution is 2.30. The topological polar surface area (TPSA) is 84.9 Å². The number of nitrogens with one attached hydrogen (secondary N) is 1. The predicted octanol–water partition coefficient (Wildman–Crippen LogP) is 2.35. The van der Waals surface area contributed by atoms with Crippen molar-refractivity contribution >= 4 is 17.7 Å². The summed E-state index contributed by atoms with van der Waals surface area (Å²) < 4.78 is 10.2. The number of nitrogens with zero attached hydrogens (tertiary/aromatic N) is 1. The van der Waals surface area contributed by atoms with Gasteiger partial charge in [0.15, 0.2) is 5.78 Å². The molecule has 0 radical (unpaired) electrons. The first kappa shape index (κ1) is 18.4. The van der Waals surface area contributed by atoms with Crippen molar-refractivity contribution in [3.63, 3.8) is 0 Å². The van der Waals surface area contributed by atoms with E-state index in [1.54, 1.807) is 62.6 Å². The van der Waals surface area contributed by atoms with Gasteiger partial charge in [0, 0.05) is 5.56 Å². The van der Waals surface area contributed by atoms with E-state index in [9.17, 15) is 14.4 Å². The fourth-order valence-electron chi connectivity index (χ4n) is 2.99. The number of ketones is 1. The second kappa shape index (κ2) is 7.11. The van der Waals surface area contributed by atoms with Gasteiger partial charge in [0.1, 0.15) is 17.0 Å². The predicted molar refractivity (Wildman–Crippen MR) is 97.9 cm³/mol. The van der Waals surface area contributed by atoms with E-state index in [0.717, 1.165) is 4.90 Å². The zero-order chi connectivity index (χ0) is 19.6. The lowest BCUT2D eigenvalue weighted by Gasteiger charge is -2.22. The maximum atomic E-state index is 12.9. The van der Waals surface area contributed by atoms with Gasteiger partial charge in [0.05, 0.1) is 20.8 Å². The summed E-state index contributed by atoms with van der Waals surface area (Å²) in [7, 11) is 3.05. The standard InChI is InChI=1S/C20H20N2O5/c1-20(14-7-9-15(26-2)10-8-14)18(24)22(19(25)21-20)12-17(23)13-5-4-6-16(11-13)27-3/h4-11H,12H2,1-3H3,(H,21,25)/t20-/m0/s1. The molecule has 0 aromatic heterocycles. The molecule has 0 aliphatic carbocycles. The van der Waals surface area contributed by atoms with Crippen LogP contribution in [-0.4, -0.2) is 43.4 Å². The van der Waals surface area contributed by atoms with Crippen molar-refractivity contribution in [3.05, 3.63) is 59.7 Å². The lowest BCUT2D eigenvalue weighted by Crippen LogP contribution is -2.41. The Kier molecular flexibility index (Phi) is 4.85. The molecular weight excluding hydrogens is 348 g/mol. The third kappa shape index (κ3) is 3.36. The van der Waals surface area contributed by atoms with Crippen LogP contribution in [0, 0.1) is 0 Å². The average Bonchev–Trinajstić information content (AvgIpc) is 2.92. The van der Waals surface area contributed by atoms with Gasteiger partial charge in [-0.05, 0) is 36.8 Å². The molecule has 1 fully saturated rings. The lowest BCUT2D eigenvalue weighted by atomic mass is 9.92. The molecule has 0 bridgehead atoms. The molecule has 1 saturated heterocycles. The number of methoxy groups -OCH3 is 2. The number of urea groups is 1. The van der Waals surface area contributed by atoms with Crippen molar-refractivity contribution in [1.82, 2.24) is 10.2 Å². The van der Waals surface area contributed by atoms with E-state index in [1.165, 1.54) is 7.11 Å². The van der Waals surface area contributed by atoms with Crippen LogP contribution in [-0.2, 0) is 10.3 Å². The Bertz CT molecular complexity index is 894. The van der Waals surface area contributed by atoms with Crippen molar-refractivity contribution in [2.45, 2.75) is 12.5 Å². The van der Waals surface area contributed by atoms with E-state index in [0.29, 0.717) is 22.6 Å². The first-order chi connectivity index (χ1) is 12.9. The summed E-state index contributed by atoms with van der Waals surface area (Å²) >= 11 is 0. The van der Waals surface area contributed by atoms with Crippen LogP contribution in [0.15, 0.2) is 48.5 Å². The van der Waals surface area contributed by atoms with E-state index in [1.807, 2.05) is 0 Å². The number of Topliss-reactive ketones (excluding diaryl/α,β-unsaturated/α-hetero) is 1. The minimum Gasteiger partial charge on any atom is -0.497 e. The highest BCUT2D eigenvalue weighted by atomic mass is 16.5. The Morgan fingerprint density at radius 3 is 2.33 bits per heavy atom. The zero-order valence-corrected chi connectivity index (χ0v) is 15.3. The molecule has 140 valence electrons. The Balaban J connectivity index is 1.81. The Morgan fingerprint density at radius 1 is 1.04 bits per heavy atom. The van der Waals surface area contributed by atoms with E-state index in [2.05, 4.69) is 5.32 Å². The molecule has 0 unspecified atom stereocenters. The number of carbonyl (C=O) groups excluding carboxylic acids is 3. The fraction of sp³-hybridized carbons (Fsp3) is 0.250. The van der Waals surface area contributed by atoms with E-state index in [4.69, 9.17) is 9.47 Å². The van der Waals surface area contributed by atoms with Crippen LogP contribution in [0.2, 0.25) is 0 Å². The van der Waals surface area contributed by atoms with Gasteiger partial charge in [0.2, 0.25) is 0 Å². The minimum absolute atomic E-state index is 0.344. The van der Waals surface area contributed by atoms with Crippen LogP contribution < -0.4 is 14.8 Å². The fourth-order valence-corrected chi connectivity index (χ4v) is 2.99. The van der Waals surface area contributed by atoms with Crippen LogP contribution in [0.4, 0.5) is 4.79 Å². The molecule has 1 N–H and O–H groups in total. The zero-order valence-electron chi connectivity index (χ0n) is 15.3. The Hall–Kier alpha value is -3.35. The number of carbonyl (C=O) groups is 3. The molecule has 3 rings (SSSR count). The first-order valence-corrected chi connectivity index (χ1v) is 8.35. The van der Waals surface area contributed by atoms with Gasteiger partial charge in [-0.2, -0.15) is 0 Å². The monoisotopic (exact) mass is 368 g/mol. The Morgan fingerprint density at radius 2 is 1.70 bits per heavy atom. The SMILES string of the molecule is COc1ccc([C@]2(C)NC(=O)N(CC(=O)c3cccc(OC)c3)C2=O)cc1. The van der Waals surface area contributed by atoms with Crippen molar-refractivity contribution in [2.24, 2.45) is 0 Å². The number of amides is 3. The number of imide groups is 1. The number of rotatable bonds is 6. The van der Waals surface area contributed by atoms with Gasteiger partial charge in [-0.15, -0.1) is 0 Å². The summed E-state index contributed by atoms with van der Waals surface area (Å²) in [5, 5.41) is 2.68. The maximum Gasteiger partial charge on any atom is 0.325 e. The molecule has 0 saturated carbocycles. The maximum absolute atomic E-state index is 12.9. The smallest absolute Gasteiger partial charge is 0.325 e. The molecule has 1 atom stereocenters. The van der Waals surface area contributed by atoms with Crippen LogP contribution in [0.25, 0.3) is 0 Å². The second-order valence-electron chi connectivity index (χ2n) is 6.33. The van der Waals surface area contributed by atoms with E-state index in [-0.39, 0.29) is 12.3 Å². The molecule has 1 heterocycles. The van der Waals surface area contributed by atoms with Gasteiger partial charge < -0.3 is 14.8 Å². The van der Waals surface area contributed by atoms with Gasteiger partial charge >= 0.3 is 6.03 Å². The van der Waals surface area contributed by atoms with Crippen molar-refractivity contribution < 1.29 is 23.9 Å². The lowest BCUT2D eigenvalue weighted by molar-refractivity contribution is -0.130. The minimum atomic E-state index is -1.24. The molecule has 1 aliphatic heterocycles. The summed E-state index contributed by atoms with van der Waals surface area (Å²) in [6.07, 6.45) is 0.